The summed E-state index contributed by atoms with van der Waals surface area (Å²) in [5.41, 5.74) is 3.85. The Kier molecular flexibility index (Phi) is 7.43. The summed E-state index contributed by atoms with van der Waals surface area (Å²) < 4.78 is 5.57. The number of rotatable bonds is 9. The fraction of sp³-hybridized carbons (Fsp3) is 0.464. The molecule has 7 heteroatoms. The van der Waals surface area contributed by atoms with Crippen molar-refractivity contribution in [3.8, 4) is 11.1 Å². The van der Waals surface area contributed by atoms with Crippen molar-refractivity contribution in [2.75, 3.05) is 19.7 Å². The highest BCUT2D eigenvalue weighted by Crippen LogP contribution is 2.44. The summed E-state index contributed by atoms with van der Waals surface area (Å²) in [7, 11) is 0. The third-order valence-electron chi connectivity index (χ3n) is 7.30. The molecule has 0 aliphatic heterocycles. The van der Waals surface area contributed by atoms with Crippen LogP contribution in [0.25, 0.3) is 11.1 Å². The van der Waals surface area contributed by atoms with E-state index >= 15 is 0 Å². The van der Waals surface area contributed by atoms with Gasteiger partial charge in [-0.05, 0) is 67.2 Å². The minimum absolute atomic E-state index is 0.0131. The number of alkyl carbamates (subject to hydrolysis) is 1. The van der Waals surface area contributed by atoms with Crippen LogP contribution in [0, 0.1) is 17.3 Å². The smallest absolute Gasteiger partial charge is 0.407 e. The lowest BCUT2D eigenvalue weighted by atomic mass is 9.92. The van der Waals surface area contributed by atoms with Crippen molar-refractivity contribution in [1.29, 1.82) is 0 Å². The molecule has 2 aliphatic carbocycles. The molecule has 2 unspecified atom stereocenters. The number of aliphatic carboxylic acids is 1. The normalized spacial score (nSPS) is 19.0. The van der Waals surface area contributed by atoms with Crippen LogP contribution >= 0.6 is 0 Å². The van der Waals surface area contributed by atoms with Gasteiger partial charge in [-0.1, -0.05) is 48.5 Å². The SMILES string of the molecule is CC(C)(CNC(=O)OCC1c2ccccc2-c2ccccc21)C(=O)NCC1CCC(CC(=O)O)C1. The Morgan fingerprint density at radius 1 is 0.943 bits per heavy atom. The number of amides is 2. The van der Waals surface area contributed by atoms with E-state index in [1.165, 1.54) is 11.1 Å². The maximum Gasteiger partial charge on any atom is 0.407 e. The topological polar surface area (TPSA) is 105 Å². The standard InChI is InChI=1S/C28H34N2O5/c1-28(2,26(33)29-15-19-12-11-18(13-19)14-25(31)32)17-30-27(34)35-16-24-22-9-5-3-7-20(22)21-8-4-6-10-23(21)24/h3-10,18-19,24H,11-17H2,1-2H3,(H,29,33)(H,30,34)(H,31,32). The predicted octanol–water partition coefficient (Wildman–Crippen LogP) is 4.56. The van der Waals surface area contributed by atoms with E-state index in [-0.39, 0.29) is 37.3 Å². The highest BCUT2D eigenvalue weighted by Gasteiger charge is 2.32. The molecule has 2 aromatic rings. The molecule has 7 nitrogen and oxygen atoms in total. The average Bonchev–Trinajstić information content (AvgIpc) is 3.41. The zero-order valence-corrected chi connectivity index (χ0v) is 20.4. The quantitative estimate of drug-likeness (QED) is 0.490. The molecule has 2 aliphatic rings. The van der Waals surface area contributed by atoms with Gasteiger partial charge in [0.25, 0.3) is 0 Å². The molecule has 1 fully saturated rings. The van der Waals surface area contributed by atoms with E-state index in [0.717, 1.165) is 30.4 Å². The van der Waals surface area contributed by atoms with Crippen LogP contribution in [0.4, 0.5) is 4.79 Å². The van der Waals surface area contributed by atoms with Gasteiger partial charge >= 0.3 is 12.1 Å². The molecular formula is C28H34N2O5. The Labute approximate surface area is 206 Å². The van der Waals surface area contributed by atoms with Gasteiger partial charge in [-0.2, -0.15) is 0 Å². The van der Waals surface area contributed by atoms with E-state index in [1.807, 2.05) is 24.3 Å². The van der Waals surface area contributed by atoms with Crippen molar-refractivity contribution in [3.63, 3.8) is 0 Å². The summed E-state index contributed by atoms with van der Waals surface area (Å²) >= 11 is 0. The molecule has 0 spiro atoms. The molecule has 2 amide bonds. The number of carboxylic acids is 1. The third-order valence-corrected chi connectivity index (χ3v) is 7.30. The number of hydrogen-bond acceptors (Lipinski definition) is 4. The van der Waals surface area contributed by atoms with E-state index in [2.05, 4.69) is 34.9 Å². The van der Waals surface area contributed by atoms with E-state index in [4.69, 9.17) is 9.84 Å². The van der Waals surface area contributed by atoms with Crippen LogP contribution in [0.1, 0.15) is 56.6 Å². The largest absolute Gasteiger partial charge is 0.481 e. The Hall–Kier alpha value is -3.35. The zero-order chi connectivity index (χ0) is 25.0. The van der Waals surface area contributed by atoms with E-state index in [1.54, 1.807) is 13.8 Å². The second-order valence-corrected chi connectivity index (χ2v) is 10.4. The first-order valence-corrected chi connectivity index (χ1v) is 12.3. The molecule has 35 heavy (non-hydrogen) atoms. The van der Waals surface area contributed by atoms with Crippen LogP contribution < -0.4 is 10.6 Å². The molecule has 186 valence electrons. The van der Waals surface area contributed by atoms with Crippen LogP contribution in [-0.4, -0.2) is 42.8 Å². The Balaban J connectivity index is 1.23. The molecule has 2 atom stereocenters. The first-order chi connectivity index (χ1) is 16.7. The Bertz CT molecular complexity index is 1050. The number of benzene rings is 2. The molecule has 1 saturated carbocycles. The summed E-state index contributed by atoms with van der Waals surface area (Å²) in [6.45, 7) is 4.48. The van der Waals surface area contributed by atoms with Gasteiger partial charge in [0.05, 0.1) is 5.41 Å². The van der Waals surface area contributed by atoms with Crippen molar-refractivity contribution in [2.24, 2.45) is 17.3 Å². The lowest BCUT2D eigenvalue weighted by Gasteiger charge is -2.25. The van der Waals surface area contributed by atoms with Crippen molar-refractivity contribution in [2.45, 2.75) is 45.4 Å². The summed E-state index contributed by atoms with van der Waals surface area (Å²) in [6, 6.07) is 16.3. The summed E-state index contributed by atoms with van der Waals surface area (Å²) in [5.74, 6) is -0.425. The predicted molar refractivity (Wildman–Crippen MR) is 133 cm³/mol. The molecule has 0 bridgehead atoms. The highest BCUT2D eigenvalue weighted by atomic mass is 16.5. The molecule has 0 saturated heterocycles. The van der Waals surface area contributed by atoms with Crippen LogP contribution in [-0.2, 0) is 14.3 Å². The van der Waals surface area contributed by atoms with Crippen LogP contribution in [0.3, 0.4) is 0 Å². The number of carbonyl (C=O) groups is 3. The molecule has 0 radical (unpaired) electrons. The van der Waals surface area contributed by atoms with Gasteiger partial charge in [0.1, 0.15) is 6.61 Å². The zero-order valence-electron chi connectivity index (χ0n) is 20.4. The summed E-state index contributed by atoms with van der Waals surface area (Å²) in [4.78, 5) is 36.1. The number of carbonyl (C=O) groups excluding carboxylic acids is 2. The third kappa shape index (κ3) is 5.84. The number of ether oxygens (including phenoxy) is 1. The van der Waals surface area contributed by atoms with Gasteiger partial charge in [0.15, 0.2) is 0 Å². The number of fused-ring (bicyclic) bond motifs is 3. The molecule has 2 aromatic carbocycles. The first-order valence-electron chi connectivity index (χ1n) is 12.3. The van der Waals surface area contributed by atoms with E-state index < -0.39 is 17.5 Å². The fourth-order valence-electron chi connectivity index (χ4n) is 5.30. The summed E-state index contributed by atoms with van der Waals surface area (Å²) in [6.07, 6.45) is 2.29. The molecule has 4 rings (SSSR count). The van der Waals surface area contributed by atoms with Crippen molar-refractivity contribution in [1.82, 2.24) is 10.6 Å². The van der Waals surface area contributed by atoms with E-state index in [9.17, 15) is 14.4 Å². The molecule has 0 heterocycles. The molecule has 3 N–H and O–H groups in total. The van der Waals surface area contributed by atoms with Crippen molar-refractivity contribution >= 4 is 18.0 Å². The molecular weight excluding hydrogens is 444 g/mol. The van der Waals surface area contributed by atoms with Gasteiger partial charge < -0.3 is 20.5 Å². The minimum atomic E-state index is -0.801. The number of carboxylic acid groups (broad SMARTS) is 1. The molecule has 0 aromatic heterocycles. The second kappa shape index (κ2) is 10.5. The van der Waals surface area contributed by atoms with Gasteiger partial charge in [0, 0.05) is 25.4 Å². The van der Waals surface area contributed by atoms with Gasteiger partial charge in [-0.3, -0.25) is 9.59 Å². The highest BCUT2D eigenvalue weighted by molar-refractivity contribution is 5.83. The Morgan fingerprint density at radius 3 is 2.17 bits per heavy atom. The fourth-order valence-corrected chi connectivity index (χ4v) is 5.30. The van der Waals surface area contributed by atoms with E-state index in [0.29, 0.717) is 12.5 Å². The van der Waals surface area contributed by atoms with Crippen molar-refractivity contribution < 1.29 is 24.2 Å². The maximum absolute atomic E-state index is 12.7. The van der Waals surface area contributed by atoms with Crippen LogP contribution in [0.15, 0.2) is 48.5 Å². The second-order valence-electron chi connectivity index (χ2n) is 10.4. The van der Waals surface area contributed by atoms with Gasteiger partial charge in [0.2, 0.25) is 5.91 Å². The monoisotopic (exact) mass is 478 g/mol. The van der Waals surface area contributed by atoms with Crippen LogP contribution in [0.5, 0.6) is 0 Å². The first kappa shape index (κ1) is 24.8. The lowest BCUT2D eigenvalue weighted by molar-refractivity contribution is -0.138. The average molecular weight is 479 g/mol. The Morgan fingerprint density at radius 2 is 1.54 bits per heavy atom. The number of hydrogen-bond donors (Lipinski definition) is 3. The lowest BCUT2D eigenvalue weighted by Crippen LogP contribution is -2.46. The van der Waals surface area contributed by atoms with Crippen molar-refractivity contribution in [3.05, 3.63) is 59.7 Å². The van der Waals surface area contributed by atoms with Crippen LogP contribution in [0.2, 0.25) is 0 Å². The van der Waals surface area contributed by atoms with Gasteiger partial charge in [-0.25, -0.2) is 4.79 Å². The number of nitrogens with one attached hydrogen (secondary N) is 2. The van der Waals surface area contributed by atoms with Gasteiger partial charge in [-0.15, -0.1) is 0 Å². The maximum atomic E-state index is 12.7. The summed E-state index contributed by atoms with van der Waals surface area (Å²) in [5, 5.41) is 14.7. The minimum Gasteiger partial charge on any atom is -0.481 e.